The van der Waals surface area contributed by atoms with E-state index >= 15 is 0 Å². The molecule has 2 aromatic rings. The summed E-state index contributed by atoms with van der Waals surface area (Å²) in [5.74, 6) is -1.75. The van der Waals surface area contributed by atoms with Crippen LogP contribution in [-0.2, 0) is 4.79 Å². The zero-order chi connectivity index (χ0) is 21.9. The lowest BCUT2D eigenvalue weighted by Gasteiger charge is -2.45. The van der Waals surface area contributed by atoms with Gasteiger partial charge in [0.25, 0.3) is 11.8 Å². The standard InChI is InChI=1S/C21H21ClF2N2O4/c1-21(26-19(27)11-30-14-4-5-15(22)16(23)8-14)9-13(10-21)25-20(28)12-3-6-18(29-2)17(24)7-12/h3-8,13H,9-11H2,1-2H3,(H,25,28)(H,26,27). The number of carbonyl (C=O) groups excluding carboxylic acids is 2. The largest absolute Gasteiger partial charge is 0.494 e. The molecule has 160 valence electrons. The molecule has 1 aliphatic rings. The Labute approximate surface area is 177 Å². The van der Waals surface area contributed by atoms with Crippen LogP contribution in [0.5, 0.6) is 11.5 Å². The van der Waals surface area contributed by atoms with E-state index < -0.39 is 23.1 Å². The minimum Gasteiger partial charge on any atom is -0.494 e. The molecule has 0 saturated heterocycles. The Hall–Kier alpha value is -2.87. The van der Waals surface area contributed by atoms with Gasteiger partial charge in [-0.1, -0.05) is 11.6 Å². The van der Waals surface area contributed by atoms with Gasteiger partial charge in [0.15, 0.2) is 18.2 Å². The minimum absolute atomic E-state index is 0.0285. The number of amides is 2. The van der Waals surface area contributed by atoms with Crippen molar-refractivity contribution in [1.29, 1.82) is 0 Å². The van der Waals surface area contributed by atoms with Gasteiger partial charge in [0, 0.05) is 23.2 Å². The number of nitrogens with one attached hydrogen (secondary N) is 2. The van der Waals surface area contributed by atoms with Crippen LogP contribution in [0.15, 0.2) is 36.4 Å². The van der Waals surface area contributed by atoms with Crippen LogP contribution in [0.1, 0.15) is 30.1 Å². The first-order valence-electron chi connectivity index (χ1n) is 9.22. The Balaban J connectivity index is 1.45. The average Bonchev–Trinajstić information content (AvgIpc) is 2.67. The highest BCUT2D eigenvalue weighted by Gasteiger charge is 2.42. The molecule has 0 aliphatic heterocycles. The first-order valence-corrected chi connectivity index (χ1v) is 9.60. The first-order chi connectivity index (χ1) is 14.2. The van der Waals surface area contributed by atoms with Crippen molar-refractivity contribution in [3.63, 3.8) is 0 Å². The van der Waals surface area contributed by atoms with E-state index in [9.17, 15) is 18.4 Å². The molecule has 0 atom stereocenters. The van der Waals surface area contributed by atoms with E-state index in [0.717, 1.165) is 12.1 Å². The normalized spacial score (nSPS) is 20.1. The second kappa shape index (κ2) is 8.87. The molecular weight excluding hydrogens is 418 g/mol. The molecule has 2 amide bonds. The van der Waals surface area contributed by atoms with Gasteiger partial charge in [-0.3, -0.25) is 9.59 Å². The lowest BCUT2D eigenvalue weighted by atomic mass is 9.74. The molecule has 2 N–H and O–H groups in total. The van der Waals surface area contributed by atoms with Crippen LogP contribution in [0.25, 0.3) is 0 Å². The summed E-state index contributed by atoms with van der Waals surface area (Å²) in [4.78, 5) is 24.4. The molecule has 0 spiro atoms. The number of benzene rings is 2. The summed E-state index contributed by atoms with van der Waals surface area (Å²) in [5, 5.41) is 5.63. The fraction of sp³-hybridized carbons (Fsp3) is 0.333. The van der Waals surface area contributed by atoms with Gasteiger partial charge in [-0.2, -0.15) is 0 Å². The van der Waals surface area contributed by atoms with Crippen LogP contribution in [0.3, 0.4) is 0 Å². The molecule has 0 aromatic heterocycles. The Kier molecular flexibility index (Phi) is 6.45. The number of halogens is 3. The summed E-state index contributed by atoms with van der Waals surface area (Å²) in [5.41, 5.74) is -0.316. The highest BCUT2D eigenvalue weighted by molar-refractivity contribution is 6.30. The van der Waals surface area contributed by atoms with Crippen molar-refractivity contribution in [3.05, 3.63) is 58.6 Å². The van der Waals surface area contributed by atoms with Crippen molar-refractivity contribution >= 4 is 23.4 Å². The lowest BCUT2D eigenvalue weighted by Crippen LogP contribution is -2.62. The number of ether oxygens (including phenoxy) is 2. The van der Waals surface area contributed by atoms with E-state index in [1.165, 1.54) is 31.4 Å². The van der Waals surface area contributed by atoms with Crippen LogP contribution >= 0.6 is 11.6 Å². The van der Waals surface area contributed by atoms with Crippen LogP contribution in [-0.4, -0.2) is 37.1 Å². The highest BCUT2D eigenvalue weighted by atomic mass is 35.5. The van der Waals surface area contributed by atoms with E-state index in [2.05, 4.69) is 10.6 Å². The van der Waals surface area contributed by atoms with Crippen molar-refractivity contribution < 1.29 is 27.8 Å². The molecule has 1 fully saturated rings. The summed E-state index contributed by atoms with van der Waals surface area (Å²) >= 11 is 5.60. The van der Waals surface area contributed by atoms with Crippen LogP contribution in [0.2, 0.25) is 5.02 Å². The smallest absolute Gasteiger partial charge is 0.258 e. The summed E-state index contributed by atoms with van der Waals surface area (Å²) < 4.78 is 37.3. The van der Waals surface area contributed by atoms with Gasteiger partial charge < -0.3 is 20.1 Å². The topological polar surface area (TPSA) is 76.7 Å². The summed E-state index contributed by atoms with van der Waals surface area (Å²) in [6.45, 7) is 1.57. The first kappa shape index (κ1) is 21.8. The van der Waals surface area contributed by atoms with Gasteiger partial charge in [-0.25, -0.2) is 8.78 Å². The molecule has 1 saturated carbocycles. The zero-order valence-electron chi connectivity index (χ0n) is 16.4. The molecule has 1 aliphatic carbocycles. The fourth-order valence-electron chi connectivity index (χ4n) is 3.40. The number of rotatable bonds is 7. The number of methoxy groups -OCH3 is 1. The molecule has 30 heavy (non-hydrogen) atoms. The second-order valence-electron chi connectivity index (χ2n) is 7.40. The van der Waals surface area contributed by atoms with Crippen molar-refractivity contribution in [2.45, 2.75) is 31.3 Å². The lowest BCUT2D eigenvalue weighted by molar-refractivity contribution is -0.126. The van der Waals surface area contributed by atoms with Crippen LogP contribution in [0.4, 0.5) is 8.78 Å². The minimum atomic E-state index is -0.629. The van der Waals surface area contributed by atoms with E-state index in [1.54, 1.807) is 0 Å². The SMILES string of the molecule is COc1ccc(C(=O)NC2CC(C)(NC(=O)COc3ccc(Cl)c(F)c3)C2)cc1F. The maximum absolute atomic E-state index is 13.8. The maximum Gasteiger partial charge on any atom is 0.258 e. The maximum atomic E-state index is 13.8. The second-order valence-corrected chi connectivity index (χ2v) is 7.81. The van der Waals surface area contributed by atoms with Gasteiger partial charge in [-0.05, 0) is 50.1 Å². The highest BCUT2D eigenvalue weighted by Crippen LogP contribution is 2.32. The Morgan fingerprint density at radius 3 is 2.53 bits per heavy atom. The molecule has 0 bridgehead atoms. The monoisotopic (exact) mass is 438 g/mol. The van der Waals surface area contributed by atoms with Crippen molar-refractivity contribution in [2.24, 2.45) is 0 Å². The molecule has 3 rings (SSSR count). The third-order valence-electron chi connectivity index (χ3n) is 4.85. The van der Waals surface area contributed by atoms with Crippen molar-refractivity contribution in [1.82, 2.24) is 10.6 Å². The third-order valence-corrected chi connectivity index (χ3v) is 5.15. The van der Waals surface area contributed by atoms with Gasteiger partial charge in [0.2, 0.25) is 0 Å². The van der Waals surface area contributed by atoms with Gasteiger partial charge in [0.05, 0.1) is 12.1 Å². The molecule has 0 radical (unpaired) electrons. The van der Waals surface area contributed by atoms with E-state index in [-0.39, 0.29) is 40.6 Å². The van der Waals surface area contributed by atoms with E-state index in [0.29, 0.717) is 12.8 Å². The van der Waals surface area contributed by atoms with Crippen molar-refractivity contribution in [2.75, 3.05) is 13.7 Å². The van der Waals surface area contributed by atoms with Crippen LogP contribution < -0.4 is 20.1 Å². The summed E-state index contributed by atoms with van der Waals surface area (Å²) in [6.07, 6.45) is 1.03. The molecule has 6 nitrogen and oxygen atoms in total. The van der Waals surface area contributed by atoms with Gasteiger partial charge in [0.1, 0.15) is 11.6 Å². The van der Waals surface area contributed by atoms with Gasteiger partial charge in [-0.15, -0.1) is 0 Å². The molecule has 0 heterocycles. The number of hydrogen-bond donors (Lipinski definition) is 2. The summed E-state index contributed by atoms with van der Waals surface area (Å²) in [6, 6.07) is 7.75. The molecule has 0 unspecified atom stereocenters. The number of hydrogen-bond acceptors (Lipinski definition) is 4. The third kappa shape index (κ3) is 5.18. The van der Waals surface area contributed by atoms with Crippen LogP contribution in [0, 0.1) is 11.6 Å². The summed E-state index contributed by atoms with van der Waals surface area (Å²) in [7, 11) is 1.35. The van der Waals surface area contributed by atoms with E-state index in [4.69, 9.17) is 21.1 Å². The quantitative estimate of drug-likeness (QED) is 0.694. The molecule has 2 aromatic carbocycles. The Morgan fingerprint density at radius 1 is 1.17 bits per heavy atom. The predicted molar refractivity (Wildman–Crippen MR) is 107 cm³/mol. The predicted octanol–water partition coefficient (Wildman–Crippen LogP) is 3.47. The average molecular weight is 439 g/mol. The molecular formula is C21H21ClF2N2O4. The Bertz CT molecular complexity index is 964. The Morgan fingerprint density at radius 2 is 1.90 bits per heavy atom. The number of carbonyl (C=O) groups is 2. The fourth-order valence-corrected chi connectivity index (χ4v) is 3.51. The zero-order valence-corrected chi connectivity index (χ0v) is 17.2. The van der Waals surface area contributed by atoms with Gasteiger partial charge >= 0.3 is 0 Å². The van der Waals surface area contributed by atoms with E-state index in [1.807, 2.05) is 6.92 Å². The molecule has 9 heteroatoms. The van der Waals surface area contributed by atoms with Crippen molar-refractivity contribution in [3.8, 4) is 11.5 Å².